The lowest BCUT2D eigenvalue weighted by Crippen LogP contribution is -2.35. The van der Waals surface area contributed by atoms with Crippen LogP contribution in [0.5, 0.6) is 0 Å². The highest BCUT2D eigenvalue weighted by Gasteiger charge is 2.23. The maximum atomic E-state index is 12.9. The van der Waals surface area contributed by atoms with Gasteiger partial charge in [-0.05, 0) is 62.9 Å². The van der Waals surface area contributed by atoms with Crippen molar-refractivity contribution in [1.82, 2.24) is 4.90 Å². The predicted octanol–water partition coefficient (Wildman–Crippen LogP) is 3.46. The van der Waals surface area contributed by atoms with Gasteiger partial charge in [-0.1, -0.05) is 12.1 Å². The van der Waals surface area contributed by atoms with Gasteiger partial charge in [0.2, 0.25) is 0 Å². The second-order valence-corrected chi connectivity index (χ2v) is 5.64. The van der Waals surface area contributed by atoms with Crippen LogP contribution >= 0.6 is 0 Å². The van der Waals surface area contributed by atoms with E-state index in [1.807, 2.05) is 12.1 Å². The van der Waals surface area contributed by atoms with Gasteiger partial charge in [0.05, 0.1) is 0 Å². The number of aliphatic carboxylic acids is 1. The third-order valence-electron chi connectivity index (χ3n) is 4.32. The normalized spacial score (nSPS) is 18.9. The smallest absolute Gasteiger partial charge is 0.303 e. The summed E-state index contributed by atoms with van der Waals surface area (Å²) in [5.41, 5.74) is 1.13. The lowest BCUT2D eigenvalue weighted by molar-refractivity contribution is -0.137. The fraction of sp³-hybridized carbons (Fsp3) is 0.562. The molecule has 1 heterocycles. The van der Waals surface area contributed by atoms with Gasteiger partial charge in [-0.15, -0.1) is 0 Å². The molecule has 0 spiro atoms. The van der Waals surface area contributed by atoms with Gasteiger partial charge < -0.3 is 5.11 Å². The average molecular weight is 279 g/mol. The number of carbonyl (C=O) groups is 1. The quantitative estimate of drug-likeness (QED) is 0.897. The van der Waals surface area contributed by atoms with Gasteiger partial charge in [-0.25, -0.2) is 4.39 Å². The van der Waals surface area contributed by atoms with Crippen LogP contribution in [-0.4, -0.2) is 29.1 Å². The van der Waals surface area contributed by atoms with Crippen molar-refractivity contribution in [2.75, 3.05) is 13.1 Å². The summed E-state index contributed by atoms with van der Waals surface area (Å²) in [4.78, 5) is 13.0. The number of carboxylic acids is 1. The minimum absolute atomic E-state index is 0.201. The Kier molecular flexibility index (Phi) is 5.12. The van der Waals surface area contributed by atoms with Crippen molar-refractivity contribution in [1.29, 1.82) is 0 Å². The number of hydrogen-bond donors (Lipinski definition) is 1. The van der Waals surface area contributed by atoms with Gasteiger partial charge >= 0.3 is 5.97 Å². The van der Waals surface area contributed by atoms with E-state index >= 15 is 0 Å². The molecule has 1 aliphatic rings. The van der Waals surface area contributed by atoms with Gasteiger partial charge in [0.15, 0.2) is 0 Å². The van der Waals surface area contributed by atoms with Crippen molar-refractivity contribution in [3.05, 3.63) is 35.6 Å². The number of hydrogen-bond acceptors (Lipinski definition) is 2. The third kappa shape index (κ3) is 4.04. The topological polar surface area (TPSA) is 40.5 Å². The zero-order valence-corrected chi connectivity index (χ0v) is 11.9. The molecule has 0 bridgehead atoms. The van der Waals surface area contributed by atoms with Crippen LogP contribution < -0.4 is 0 Å². The van der Waals surface area contributed by atoms with Crippen LogP contribution in [0.1, 0.15) is 44.2 Å². The zero-order valence-electron chi connectivity index (χ0n) is 11.9. The Morgan fingerprint density at radius 2 is 1.95 bits per heavy atom. The average Bonchev–Trinajstić information content (AvgIpc) is 2.46. The Balaban J connectivity index is 1.83. The van der Waals surface area contributed by atoms with E-state index < -0.39 is 5.97 Å². The fourth-order valence-electron chi connectivity index (χ4n) is 2.91. The first kappa shape index (κ1) is 15.0. The van der Waals surface area contributed by atoms with E-state index in [-0.39, 0.29) is 18.3 Å². The summed E-state index contributed by atoms with van der Waals surface area (Å²) in [5.74, 6) is -0.372. The molecule has 20 heavy (non-hydrogen) atoms. The number of piperidine rings is 1. The summed E-state index contributed by atoms with van der Waals surface area (Å²) in [5, 5.41) is 8.71. The summed E-state index contributed by atoms with van der Waals surface area (Å²) >= 11 is 0. The number of halogens is 1. The van der Waals surface area contributed by atoms with Gasteiger partial charge in [-0.3, -0.25) is 9.69 Å². The van der Waals surface area contributed by atoms with E-state index in [1.54, 1.807) is 0 Å². The maximum absolute atomic E-state index is 12.9. The molecule has 1 fully saturated rings. The first-order valence-electron chi connectivity index (χ1n) is 7.27. The van der Waals surface area contributed by atoms with Gasteiger partial charge in [0.1, 0.15) is 5.82 Å². The molecule has 1 aromatic rings. The van der Waals surface area contributed by atoms with Crippen LogP contribution in [0.4, 0.5) is 4.39 Å². The first-order chi connectivity index (χ1) is 9.56. The van der Waals surface area contributed by atoms with Gasteiger partial charge in [0, 0.05) is 12.5 Å². The monoisotopic (exact) mass is 279 g/mol. The van der Waals surface area contributed by atoms with Crippen molar-refractivity contribution in [3.8, 4) is 0 Å². The lowest BCUT2D eigenvalue weighted by atomic mass is 9.91. The van der Waals surface area contributed by atoms with Crippen LogP contribution in [0.2, 0.25) is 0 Å². The predicted molar refractivity (Wildman–Crippen MR) is 76.0 cm³/mol. The molecular formula is C16H22FNO2. The highest BCUT2D eigenvalue weighted by molar-refractivity contribution is 5.66. The second-order valence-electron chi connectivity index (χ2n) is 5.64. The summed E-state index contributed by atoms with van der Waals surface area (Å²) in [6, 6.07) is 6.99. The van der Waals surface area contributed by atoms with Crippen molar-refractivity contribution in [2.24, 2.45) is 5.92 Å². The summed E-state index contributed by atoms with van der Waals surface area (Å²) in [7, 11) is 0. The Hall–Kier alpha value is -1.42. The van der Waals surface area contributed by atoms with E-state index in [0.29, 0.717) is 5.92 Å². The highest BCUT2D eigenvalue weighted by atomic mass is 19.1. The molecule has 1 unspecified atom stereocenters. The molecule has 1 aliphatic heterocycles. The van der Waals surface area contributed by atoms with E-state index in [0.717, 1.165) is 37.9 Å². The minimum atomic E-state index is -0.702. The summed E-state index contributed by atoms with van der Waals surface area (Å²) in [6.07, 6.45) is 3.17. The molecule has 0 amide bonds. The van der Waals surface area contributed by atoms with Crippen LogP contribution in [0, 0.1) is 11.7 Å². The van der Waals surface area contributed by atoms with E-state index in [4.69, 9.17) is 5.11 Å². The number of likely N-dealkylation sites (tertiary alicyclic amines) is 1. The molecule has 0 radical (unpaired) electrons. The first-order valence-corrected chi connectivity index (χ1v) is 7.27. The van der Waals surface area contributed by atoms with E-state index in [9.17, 15) is 9.18 Å². The number of rotatable bonds is 5. The molecule has 1 saturated heterocycles. The maximum Gasteiger partial charge on any atom is 0.303 e. The molecule has 0 saturated carbocycles. The number of benzene rings is 1. The fourth-order valence-corrected chi connectivity index (χ4v) is 2.91. The summed E-state index contributed by atoms with van der Waals surface area (Å²) in [6.45, 7) is 4.12. The van der Waals surface area contributed by atoms with Crippen molar-refractivity contribution < 1.29 is 14.3 Å². The van der Waals surface area contributed by atoms with E-state index in [1.165, 1.54) is 12.1 Å². The molecule has 4 heteroatoms. The van der Waals surface area contributed by atoms with Crippen LogP contribution in [0.3, 0.4) is 0 Å². The minimum Gasteiger partial charge on any atom is -0.481 e. The Morgan fingerprint density at radius 3 is 2.50 bits per heavy atom. The van der Waals surface area contributed by atoms with Crippen molar-refractivity contribution in [3.63, 3.8) is 0 Å². The highest BCUT2D eigenvalue weighted by Crippen LogP contribution is 2.28. The standard InChI is InChI=1S/C16H22FNO2/c1-12(14-3-5-15(17)6-4-14)18-10-8-13(9-11-18)2-7-16(19)20/h3-6,12-13H,2,7-11H2,1H3,(H,19,20). The van der Waals surface area contributed by atoms with Crippen LogP contribution in [0.25, 0.3) is 0 Å². The molecule has 1 N–H and O–H groups in total. The van der Waals surface area contributed by atoms with E-state index in [2.05, 4.69) is 11.8 Å². The molecule has 110 valence electrons. The molecular weight excluding hydrogens is 257 g/mol. The molecule has 1 atom stereocenters. The summed E-state index contributed by atoms with van der Waals surface area (Å²) < 4.78 is 12.9. The SMILES string of the molecule is CC(c1ccc(F)cc1)N1CCC(CCC(=O)O)CC1. The molecule has 1 aromatic carbocycles. The van der Waals surface area contributed by atoms with Gasteiger partial charge in [0.25, 0.3) is 0 Å². The molecule has 2 rings (SSSR count). The number of nitrogens with zero attached hydrogens (tertiary/aromatic N) is 1. The van der Waals surface area contributed by atoms with Crippen LogP contribution in [0.15, 0.2) is 24.3 Å². The Labute approximate surface area is 119 Å². The van der Waals surface area contributed by atoms with Crippen molar-refractivity contribution >= 4 is 5.97 Å². The molecule has 0 aromatic heterocycles. The largest absolute Gasteiger partial charge is 0.481 e. The van der Waals surface area contributed by atoms with Gasteiger partial charge in [-0.2, -0.15) is 0 Å². The molecule has 3 nitrogen and oxygen atoms in total. The molecule has 0 aliphatic carbocycles. The Morgan fingerprint density at radius 1 is 1.35 bits per heavy atom. The number of carboxylic acid groups (broad SMARTS) is 1. The lowest BCUT2D eigenvalue weighted by Gasteiger charge is -2.36. The Bertz CT molecular complexity index is 438. The third-order valence-corrected chi connectivity index (χ3v) is 4.32. The zero-order chi connectivity index (χ0) is 14.5. The second kappa shape index (κ2) is 6.84. The van der Waals surface area contributed by atoms with Crippen LogP contribution in [-0.2, 0) is 4.79 Å². The van der Waals surface area contributed by atoms with Crippen molar-refractivity contribution in [2.45, 2.75) is 38.6 Å².